The highest BCUT2D eigenvalue weighted by molar-refractivity contribution is 6.04. The number of aliphatic hydroxyl groups excluding tert-OH is 13. The maximum atomic E-state index is 15.1. The molecule has 0 saturated carbocycles. The van der Waals surface area contributed by atoms with E-state index >= 15 is 9.59 Å². The van der Waals surface area contributed by atoms with Crippen LogP contribution in [-0.2, 0) is 63.7 Å². The minimum atomic E-state index is -2.36. The first-order chi connectivity index (χ1) is 45.6. The summed E-state index contributed by atoms with van der Waals surface area (Å²) in [6.07, 6.45) is -31.9. The average Bonchev–Trinajstić information content (AvgIpc) is 1.46. The standard InChI is InChI=1S/C58H84N12O26/c1-22(2)13-35(76)95-48-41(80)32(20-73)93-56(46(48)85)96-47-33(21-74)94-55(45(84)43(47)82)91-26-11-9-24(10-12-26)14-27-51(88)67-36(38(77)28-15-62-57(59)66-28)53(90)68-37(39(78)30-16-63-58(60)70(30)54-44(83)42(81)40(79)31(19-72)92-54)52(89)65-29(18-71)50(87)61-17-34(75)69(23(3)49(86)64-27)25-7-5-4-6-8-25/h4-12,22-23,27-33,36-48,54-56,71-74,77-85H,13-21H2,1-3H3,(H2,60,63)(H,61,87)(H,64,86)(H,65,89)(H,67,88)(H,68,90)(H3,59,62,66). The Kier molecular flexibility index (Phi) is 25.2. The number of carbonyl (C=O) groups is 7. The number of para-hydroxylation sites is 1. The quantitative estimate of drug-likeness (QED) is 0.0581. The molecule has 4 saturated heterocycles. The molecule has 4 fully saturated rings. The molecule has 24 atom stereocenters. The highest BCUT2D eigenvalue weighted by Gasteiger charge is 2.55. The second kappa shape index (κ2) is 32.6. The number of hydrogen-bond acceptors (Lipinski definition) is 32. The summed E-state index contributed by atoms with van der Waals surface area (Å²) in [5, 5.41) is 157. The zero-order valence-corrected chi connectivity index (χ0v) is 52.1. The molecule has 2 aromatic rings. The molecule has 0 spiro atoms. The maximum absolute atomic E-state index is 15.1. The lowest BCUT2D eigenvalue weighted by Gasteiger charge is -2.46. The monoisotopic (exact) mass is 1360 g/mol. The Hall–Kier alpha value is -7.61. The number of aliphatic imine (C=N–C) groups is 2. The van der Waals surface area contributed by atoms with Gasteiger partial charge in [-0.2, -0.15) is 0 Å². The fourth-order valence-corrected chi connectivity index (χ4v) is 11.7. The third kappa shape index (κ3) is 16.8. The molecular formula is C58H84N12O26. The topological polar surface area (TPSA) is 593 Å². The van der Waals surface area contributed by atoms with Crippen LogP contribution < -0.4 is 53.0 Å². The van der Waals surface area contributed by atoms with Crippen molar-refractivity contribution in [3.8, 4) is 5.75 Å². The van der Waals surface area contributed by atoms with Gasteiger partial charge in [0.15, 0.2) is 30.5 Å². The minimum Gasteiger partial charge on any atom is -0.462 e. The Morgan fingerprint density at radius 3 is 1.86 bits per heavy atom. The smallest absolute Gasteiger partial charge is 0.306 e. The number of nitrogens with zero attached hydrogens (tertiary/aromatic N) is 4. The molecule has 8 rings (SSSR count). The summed E-state index contributed by atoms with van der Waals surface area (Å²) in [7, 11) is 0. The van der Waals surface area contributed by atoms with Crippen LogP contribution >= 0.6 is 0 Å². The Bertz CT molecular complexity index is 3090. The first-order valence-electron chi connectivity index (χ1n) is 30.7. The third-order valence-electron chi connectivity index (χ3n) is 17.0. The molecule has 6 amide bonds. The second-order valence-electron chi connectivity index (χ2n) is 24.2. The zero-order valence-electron chi connectivity index (χ0n) is 52.1. The van der Waals surface area contributed by atoms with Gasteiger partial charge in [-0.05, 0) is 42.7 Å². The largest absolute Gasteiger partial charge is 0.462 e. The van der Waals surface area contributed by atoms with Crippen molar-refractivity contribution in [1.82, 2.24) is 36.8 Å². The molecule has 24 unspecified atom stereocenters. The van der Waals surface area contributed by atoms with E-state index in [1.165, 1.54) is 55.5 Å². The molecular weight excluding hydrogens is 1280 g/mol. The number of esters is 1. The number of anilines is 1. The lowest BCUT2D eigenvalue weighted by atomic mass is 9.95. The predicted molar refractivity (Wildman–Crippen MR) is 323 cm³/mol. The number of rotatable bonds is 19. The van der Waals surface area contributed by atoms with E-state index in [0.717, 1.165) is 9.80 Å². The van der Waals surface area contributed by atoms with E-state index in [1.54, 1.807) is 19.9 Å². The molecule has 23 N–H and O–H groups in total. The summed E-state index contributed by atoms with van der Waals surface area (Å²) in [6.45, 7) is -0.883. The van der Waals surface area contributed by atoms with Gasteiger partial charge in [0.1, 0.15) is 115 Å². The van der Waals surface area contributed by atoms with Crippen molar-refractivity contribution in [2.75, 3.05) is 51.0 Å². The molecule has 0 bridgehead atoms. The summed E-state index contributed by atoms with van der Waals surface area (Å²) in [4.78, 5) is 110. The molecule has 96 heavy (non-hydrogen) atoms. The number of benzene rings is 2. The van der Waals surface area contributed by atoms with Gasteiger partial charge in [0.05, 0.1) is 58.1 Å². The summed E-state index contributed by atoms with van der Waals surface area (Å²) in [6, 6.07) is 0.0543. The fourth-order valence-electron chi connectivity index (χ4n) is 11.7. The summed E-state index contributed by atoms with van der Waals surface area (Å²) in [5.41, 5.74) is 12.4. The molecule has 0 aliphatic carbocycles. The van der Waals surface area contributed by atoms with Crippen molar-refractivity contribution < 1.29 is 128 Å². The molecule has 6 aliphatic heterocycles. The number of nitrogens with one attached hydrogen (secondary N) is 6. The zero-order chi connectivity index (χ0) is 70.1. The van der Waals surface area contributed by atoms with E-state index in [1.807, 2.05) is 0 Å². The van der Waals surface area contributed by atoms with Gasteiger partial charge in [-0.15, -0.1) is 0 Å². The molecule has 38 nitrogen and oxygen atoms in total. The van der Waals surface area contributed by atoms with Crippen molar-refractivity contribution in [2.24, 2.45) is 27.4 Å². The average molecular weight is 1370 g/mol. The molecule has 0 radical (unpaired) electrons. The normalized spacial score (nSPS) is 36.0. The van der Waals surface area contributed by atoms with Crippen LogP contribution in [0.25, 0.3) is 0 Å². The van der Waals surface area contributed by atoms with Crippen molar-refractivity contribution in [3.63, 3.8) is 0 Å². The predicted octanol–water partition coefficient (Wildman–Crippen LogP) is -11.9. The molecule has 38 heteroatoms. The van der Waals surface area contributed by atoms with Crippen molar-refractivity contribution in [1.29, 1.82) is 0 Å². The maximum Gasteiger partial charge on any atom is 0.306 e. The second-order valence-corrected chi connectivity index (χ2v) is 24.2. The van der Waals surface area contributed by atoms with E-state index < -0.39 is 240 Å². The molecule has 0 aromatic heterocycles. The number of amides is 6. The van der Waals surface area contributed by atoms with E-state index in [2.05, 4.69) is 41.9 Å². The van der Waals surface area contributed by atoms with Gasteiger partial charge in [-0.25, -0.2) is 0 Å². The minimum absolute atomic E-state index is 0.0847. The number of nitrogens with two attached hydrogens (primary N) is 2. The summed E-state index contributed by atoms with van der Waals surface area (Å²) in [5.74, 6) is -9.06. The van der Waals surface area contributed by atoms with Crippen LogP contribution in [0.3, 0.4) is 0 Å². The van der Waals surface area contributed by atoms with Crippen LogP contribution in [0.15, 0.2) is 64.6 Å². The van der Waals surface area contributed by atoms with Gasteiger partial charge in [0.2, 0.25) is 41.7 Å². The van der Waals surface area contributed by atoms with Gasteiger partial charge in [-0.1, -0.05) is 44.2 Å². The van der Waals surface area contributed by atoms with Gasteiger partial charge < -0.3 is 143 Å². The van der Waals surface area contributed by atoms with Crippen LogP contribution in [0, 0.1) is 5.92 Å². The first kappa shape index (κ1) is 74.2. The SMILES string of the molecule is CC(C)CC(=O)OC1C(O)C(CO)OC(OC2C(CO)OC(Oc3ccc(CC4NC(=O)C(C)N(c5ccccc5)C(=O)CNC(=O)C(CO)NC(=O)C(C(O)C5CN=C(N)N5C5OC(CO)C(O)C(O)C5O)NC(=O)C(C(O)C5CN=C(N)N5)NC4=O)cc3)C(O)C2O)C1O. The fraction of sp³-hybridized carbons (Fsp3) is 0.638. The van der Waals surface area contributed by atoms with Gasteiger partial charge in [0.25, 0.3) is 0 Å². The highest BCUT2D eigenvalue weighted by atomic mass is 16.7. The molecule has 6 aliphatic rings. The number of hydrogen-bond donors (Lipinski definition) is 21. The van der Waals surface area contributed by atoms with E-state index in [9.17, 15) is 90.4 Å². The van der Waals surface area contributed by atoms with Crippen molar-refractivity contribution in [2.45, 2.75) is 180 Å². The first-order valence-corrected chi connectivity index (χ1v) is 30.7. The molecule has 6 heterocycles. The van der Waals surface area contributed by atoms with E-state index in [-0.39, 0.29) is 41.8 Å². The lowest BCUT2D eigenvalue weighted by Crippen LogP contribution is -2.70. The summed E-state index contributed by atoms with van der Waals surface area (Å²) < 4.78 is 34.1. The van der Waals surface area contributed by atoms with Gasteiger partial charge in [0, 0.05) is 18.5 Å². The Labute approximate surface area is 547 Å². The summed E-state index contributed by atoms with van der Waals surface area (Å²) >= 11 is 0. The number of aliphatic hydroxyl groups is 13. The highest BCUT2D eigenvalue weighted by Crippen LogP contribution is 2.33. The number of carbonyl (C=O) groups excluding carboxylic acids is 7. The lowest BCUT2D eigenvalue weighted by molar-refractivity contribution is -0.353. The molecule has 2 aromatic carbocycles. The Morgan fingerprint density at radius 1 is 0.625 bits per heavy atom. The molecule has 532 valence electrons. The third-order valence-corrected chi connectivity index (χ3v) is 17.0. The Morgan fingerprint density at radius 2 is 1.24 bits per heavy atom. The van der Waals surface area contributed by atoms with Crippen LogP contribution in [0.1, 0.15) is 32.8 Å². The van der Waals surface area contributed by atoms with Crippen LogP contribution in [0.2, 0.25) is 0 Å². The van der Waals surface area contributed by atoms with E-state index in [0.29, 0.717) is 0 Å². The van der Waals surface area contributed by atoms with Crippen molar-refractivity contribution in [3.05, 3.63) is 60.2 Å². The van der Waals surface area contributed by atoms with Gasteiger partial charge in [-0.3, -0.25) is 48.4 Å². The van der Waals surface area contributed by atoms with E-state index in [4.69, 9.17) is 39.9 Å². The number of guanidine groups is 2. The van der Waals surface area contributed by atoms with Crippen LogP contribution in [0.4, 0.5) is 5.69 Å². The van der Waals surface area contributed by atoms with Crippen molar-refractivity contribution >= 4 is 59.0 Å². The van der Waals surface area contributed by atoms with Crippen LogP contribution in [0.5, 0.6) is 5.75 Å². The number of ether oxygens (including phenoxy) is 6. The Balaban J connectivity index is 1.09. The van der Waals surface area contributed by atoms with Gasteiger partial charge >= 0.3 is 5.97 Å². The van der Waals surface area contributed by atoms with Crippen LogP contribution in [-0.4, -0.2) is 317 Å².